The van der Waals surface area contributed by atoms with Gasteiger partial charge in [0.2, 0.25) is 0 Å². The first-order valence-electron chi connectivity index (χ1n) is 6.75. The Hall–Kier alpha value is -1.30. The van der Waals surface area contributed by atoms with E-state index in [1.807, 2.05) is 6.07 Å². The second-order valence-corrected chi connectivity index (χ2v) is 5.50. The van der Waals surface area contributed by atoms with Crippen molar-refractivity contribution in [3.8, 4) is 11.5 Å². The van der Waals surface area contributed by atoms with Crippen LogP contribution in [0.1, 0.15) is 12.0 Å². The maximum atomic E-state index is 10.4. The Balaban J connectivity index is 1.73. The predicted molar refractivity (Wildman–Crippen MR) is 71.3 cm³/mol. The van der Waals surface area contributed by atoms with E-state index in [-0.39, 0.29) is 5.75 Å². The minimum atomic E-state index is -0.624. The van der Waals surface area contributed by atoms with Crippen LogP contribution in [0.4, 0.5) is 0 Å². The van der Waals surface area contributed by atoms with Gasteiger partial charge in [-0.25, -0.2) is 0 Å². The van der Waals surface area contributed by atoms with Gasteiger partial charge >= 0.3 is 0 Å². The number of phenolic OH excluding ortho intramolecular Hbond substituents is 1. The number of hydrogen-bond acceptors (Lipinski definition) is 5. The normalized spacial score (nSPS) is 27.6. The van der Waals surface area contributed by atoms with Gasteiger partial charge in [0.05, 0.1) is 5.60 Å². The van der Waals surface area contributed by atoms with Gasteiger partial charge in [-0.2, -0.15) is 0 Å². The number of phenols is 1. The summed E-state index contributed by atoms with van der Waals surface area (Å²) < 4.78 is 5.66. The summed E-state index contributed by atoms with van der Waals surface area (Å²) in [7, 11) is 0. The number of nitrogens with one attached hydrogen (secondary N) is 1. The molecule has 0 amide bonds. The van der Waals surface area contributed by atoms with Crippen molar-refractivity contribution in [1.29, 1.82) is 0 Å². The zero-order valence-electron chi connectivity index (χ0n) is 10.9. The minimum absolute atomic E-state index is 0.228. The molecule has 0 spiro atoms. The fourth-order valence-electron chi connectivity index (χ4n) is 2.83. The Morgan fingerprint density at radius 1 is 1.42 bits per heavy atom. The molecule has 1 atom stereocenters. The van der Waals surface area contributed by atoms with Crippen molar-refractivity contribution >= 4 is 0 Å². The highest BCUT2D eigenvalue weighted by molar-refractivity contribution is 5.40. The molecule has 3 N–H and O–H groups in total. The van der Waals surface area contributed by atoms with Crippen molar-refractivity contribution < 1.29 is 14.9 Å². The molecule has 0 radical (unpaired) electrons. The van der Waals surface area contributed by atoms with Crippen LogP contribution in [-0.4, -0.2) is 53.5 Å². The molecule has 0 aliphatic carbocycles. The smallest absolute Gasteiger partial charge is 0.127 e. The average molecular weight is 264 g/mol. The lowest BCUT2D eigenvalue weighted by atomic mass is 10.0. The monoisotopic (exact) mass is 264 g/mol. The van der Waals surface area contributed by atoms with Crippen molar-refractivity contribution in [1.82, 2.24) is 10.2 Å². The SMILES string of the molecule is Oc1ccc2c(c1)OCCN(CC1(O)CCNC1)C2. The third-order valence-corrected chi connectivity index (χ3v) is 3.85. The number of β-amino-alcohol motifs (C(OH)–C–C–N with tert-alkyl or cyclic N) is 1. The maximum Gasteiger partial charge on any atom is 0.127 e. The molecule has 0 saturated carbocycles. The van der Waals surface area contributed by atoms with Crippen LogP contribution in [0, 0.1) is 0 Å². The van der Waals surface area contributed by atoms with E-state index in [0.717, 1.165) is 37.4 Å². The van der Waals surface area contributed by atoms with Crippen LogP contribution in [0.15, 0.2) is 18.2 Å². The molecule has 3 rings (SSSR count). The van der Waals surface area contributed by atoms with Crippen molar-refractivity contribution in [2.75, 3.05) is 32.8 Å². The summed E-state index contributed by atoms with van der Waals surface area (Å²) in [5, 5.41) is 23.1. The lowest BCUT2D eigenvalue weighted by Crippen LogP contribution is -2.45. The van der Waals surface area contributed by atoms with E-state index < -0.39 is 5.60 Å². The lowest BCUT2D eigenvalue weighted by molar-refractivity contribution is 0.0172. The quantitative estimate of drug-likeness (QED) is 0.717. The van der Waals surface area contributed by atoms with Gasteiger partial charge in [-0.15, -0.1) is 0 Å². The first-order valence-corrected chi connectivity index (χ1v) is 6.75. The van der Waals surface area contributed by atoms with Gasteiger partial charge in [0, 0.05) is 37.8 Å². The van der Waals surface area contributed by atoms with Crippen LogP contribution < -0.4 is 10.1 Å². The number of ether oxygens (including phenoxy) is 1. The van der Waals surface area contributed by atoms with Gasteiger partial charge in [0.25, 0.3) is 0 Å². The number of fused-ring (bicyclic) bond motifs is 1. The molecule has 0 bridgehead atoms. The van der Waals surface area contributed by atoms with Crippen LogP contribution in [0.3, 0.4) is 0 Å². The Kier molecular flexibility index (Phi) is 3.35. The van der Waals surface area contributed by atoms with Gasteiger partial charge in [-0.3, -0.25) is 4.90 Å². The molecule has 2 aliphatic rings. The summed E-state index contributed by atoms with van der Waals surface area (Å²) in [4.78, 5) is 2.22. The molecule has 0 aromatic heterocycles. The fraction of sp³-hybridized carbons (Fsp3) is 0.571. The number of hydrogen-bond donors (Lipinski definition) is 3. The average Bonchev–Trinajstić information content (AvgIpc) is 2.69. The summed E-state index contributed by atoms with van der Waals surface area (Å²) in [6.07, 6.45) is 0.798. The van der Waals surface area contributed by atoms with Crippen molar-refractivity contribution in [3.63, 3.8) is 0 Å². The third kappa shape index (κ3) is 2.83. The fourth-order valence-corrected chi connectivity index (χ4v) is 2.83. The molecule has 2 aliphatic heterocycles. The number of nitrogens with zero attached hydrogens (tertiary/aromatic N) is 1. The number of benzene rings is 1. The van der Waals surface area contributed by atoms with Crippen molar-refractivity contribution in [3.05, 3.63) is 23.8 Å². The Morgan fingerprint density at radius 2 is 2.32 bits per heavy atom. The van der Waals surface area contributed by atoms with Crippen LogP contribution in [0.2, 0.25) is 0 Å². The zero-order chi connectivity index (χ0) is 13.3. The van der Waals surface area contributed by atoms with Crippen LogP contribution in [-0.2, 0) is 6.54 Å². The van der Waals surface area contributed by atoms with Crippen LogP contribution in [0.25, 0.3) is 0 Å². The van der Waals surface area contributed by atoms with Crippen LogP contribution >= 0.6 is 0 Å². The summed E-state index contributed by atoms with van der Waals surface area (Å²) in [5.74, 6) is 0.977. The van der Waals surface area contributed by atoms with Gasteiger partial charge in [-0.05, 0) is 19.0 Å². The molecule has 1 aromatic rings. The molecule has 1 aromatic carbocycles. The zero-order valence-corrected chi connectivity index (χ0v) is 10.9. The summed E-state index contributed by atoms with van der Waals surface area (Å²) in [6.45, 7) is 4.32. The first-order chi connectivity index (χ1) is 9.15. The lowest BCUT2D eigenvalue weighted by Gasteiger charge is -2.29. The van der Waals surface area contributed by atoms with Gasteiger partial charge in [-0.1, -0.05) is 6.07 Å². The summed E-state index contributed by atoms with van der Waals surface area (Å²) in [5.41, 5.74) is 0.436. The van der Waals surface area contributed by atoms with E-state index in [0.29, 0.717) is 19.7 Å². The van der Waals surface area contributed by atoms with E-state index in [4.69, 9.17) is 4.74 Å². The number of rotatable bonds is 2. The van der Waals surface area contributed by atoms with Crippen LogP contribution in [0.5, 0.6) is 11.5 Å². The molecule has 1 saturated heterocycles. The van der Waals surface area contributed by atoms with Gasteiger partial charge in [0.15, 0.2) is 0 Å². The summed E-state index contributed by atoms with van der Waals surface area (Å²) >= 11 is 0. The van der Waals surface area contributed by atoms with Gasteiger partial charge < -0.3 is 20.3 Å². The largest absolute Gasteiger partial charge is 0.508 e. The van der Waals surface area contributed by atoms with Crippen molar-refractivity contribution in [2.24, 2.45) is 0 Å². The maximum absolute atomic E-state index is 10.4. The highest BCUT2D eigenvalue weighted by Crippen LogP contribution is 2.28. The van der Waals surface area contributed by atoms with E-state index in [9.17, 15) is 10.2 Å². The predicted octanol–water partition coefficient (Wildman–Crippen LogP) is 0.311. The van der Waals surface area contributed by atoms with Crippen molar-refractivity contribution in [2.45, 2.75) is 18.6 Å². The Labute approximate surface area is 112 Å². The minimum Gasteiger partial charge on any atom is -0.508 e. The van der Waals surface area contributed by atoms with E-state index in [1.54, 1.807) is 12.1 Å². The molecular weight excluding hydrogens is 244 g/mol. The topological polar surface area (TPSA) is 65.0 Å². The molecule has 2 heterocycles. The second kappa shape index (κ2) is 5.00. The molecule has 5 heteroatoms. The molecule has 1 unspecified atom stereocenters. The number of aromatic hydroxyl groups is 1. The molecule has 104 valence electrons. The Bertz CT molecular complexity index is 458. The Morgan fingerprint density at radius 3 is 3.11 bits per heavy atom. The summed E-state index contributed by atoms with van der Waals surface area (Å²) in [6, 6.07) is 5.22. The van der Waals surface area contributed by atoms with Gasteiger partial charge in [0.1, 0.15) is 18.1 Å². The van der Waals surface area contributed by atoms with E-state index in [1.165, 1.54) is 0 Å². The molecular formula is C14H20N2O3. The standard InChI is InChI=1S/C14H20N2O3/c17-12-2-1-11-8-16(5-6-19-13(11)7-12)10-14(18)3-4-15-9-14/h1-2,7,15,17-18H,3-6,8-10H2. The van der Waals surface area contributed by atoms with E-state index in [2.05, 4.69) is 10.2 Å². The molecule has 19 heavy (non-hydrogen) atoms. The highest BCUT2D eigenvalue weighted by atomic mass is 16.5. The first kappa shape index (κ1) is 12.7. The highest BCUT2D eigenvalue weighted by Gasteiger charge is 2.33. The molecule has 5 nitrogen and oxygen atoms in total. The number of aliphatic hydroxyl groups is 1. The third-order valence-electron chi connectivity index (χ3n) is 3.85. The second-order valence-electron chi connectivity index (χ2n) is 5.50. The van der Waals surface area contributed by atoms with E-state index >= 15 is 0 Å². The molecule has 1 fully saturated rings.